The molecule has 49 heavy (non-hydrogen) atoms. The van der Waals surface area contributed by atoms with E-state index in [9.17, 15) is 23.2 Å². The van der Waals surface area contributed by atoms with Crippen LogP contribution < -0.4 is 5.56 Å². The molecule has 0 atom stereocenters. The average molecular weight is 659 g/mol. The van der Waals surface area contributed by atoms with E-state index in [4.69, 9.17) is 4.98 Å². The van der Waals surface area contributed by atoms with Crippen LogP contribution in [0.3, 0.4) is 0 Å². The van der Waals surface area contributed by atoms with Crippen molar-refractivity contribution in [1.82, 2.24) is 19.5 Å². The first-order chi connectivity index (χ1) is 23.7. The third-order valence-electron chi connectivity index (χ3n) is 9.13. The highest BCUT2D eigenvalue weighted by Gasteiger charge is 2.21. The van der Waals surface area contributed by atoms with Crippen LogP contribution in [0.1, 0.15) is 95.1 Å². The molecule has 2 aromatic heterocycles. The van der Waals surface area contributed by atoms with Gasteiger partial charge in [0.25, 0.3) is 5.56 Å². The van der Waals surface area contributed by atoms with E-state index < -0.39 is 23.0 Å². The van der Waals surface area contributed by atoms with Gasteiger partial charge in [-0.15, -0.1) is 0 Å². The highest BCUT2D eigenvalue weighted by Crippen LogP contribution is 2.31. The lowest BCUT2D eigenvalue weighted by molar-refractivity contribution is 0.0942. The molecule has 0 bridgehead atoms. The Morgan fingerprint density at radius 1 is 0.898 bits per heavy atom. The number of halogens is 2. The van der Waals surface area contributed by atoms with Gasteiger partial charge in [0.15, 0.2) is 23.2 Å². The Bertz CT molecular complexity index is 2120. The molecular formula is C40H36F2N4O3. The van der Waals surface area contributed by atoms with E-state index in [1.54, 1.807) is 6.20 Å². The van der Waals surface area contributed by atoms with E-state index in [2.05, 4.69) is 28.7 Å². The fourth-order valence-corrected chi connectivity index (χ4v) is 6.20. The molecule has 1 fully saturated rings. The lowest BCUT2D eigenvalue weighted by Crippen LogP contribution is -2.27. The van der Waals surface area contributed by atoms with Gasteiger partial charge in [0, 0.05) is 54.6 Å². The summed E-state index contributed by atoms with van der Waals surface area (Å²) in [5, 5.41) is 0.835. The zero-order chi connectivity index (χ0) is 34.3. The Kier molecular flexibility index (Phi) is 10.4. The number of ketones is 2. The fraction of sp³-hybridized carbons (Fsp3) is 0.300. The van der Waals surface area contributed by atoms with Gasteiger partial charge < -0.3 is 0 Å². The average Bonchev–Trinajstić information content (AvgIpc) is 3.10. The summed E-state index contributed by atoms with van der Waals surface area (Å²) in [6.07, 6.45) is 10.4. The van der Waals surface area contributed by atoms with Crippen LogP contribution in [0.4, 0.5) is 8.78 Å². The summed E-state index contributed by atoms with van der Waals surface area (Å²) in [6, 6.07) is 16.8. The number of benzene rings is 3. The minimum atomic E-state index is -1.01. The second-order valence-corrected chi connectivity index (χ2v) is 12.9. The van der Waals surface area contributed by atoms with Gasteiger partial charge in [0.05, 0.1) is 18.4 Å². The predicted molar refractivity (Wildman–Crippen MR) is 183 cm³/mol. The van der Waals surface area contributed by atoms with Gasteiger partial charge in [0.2, 0.25) is 0 Å². The zero-order valence-corrected chi connectivity index (χ0v) is 27.3. The molecule has 0 amide bonds. The van der Waals surface area contributed by atoms with E-state index >= 15 is 0 Å². The van der Waals surface area contributed by atoms with E-state index in [1.165, 1.54) is 36.0 Å². The number of nitrogens with zero attached hydrogens (tertiary/aromatic N) is 4. The van der Waals surface area contributed by atoms with Gasteiger partial charge in [0.1, 0.15) is 11.4 Å². The molecule has 1 saturated carbocycles. The van der Waals surface area contributed by atoms with Crippen molar-refractivity contribution < 1.29 is 18.4 Å². The zero-order valence-electron chi connectivity index (χ0n) is 27.3. The van der Waals surface area contributed by atoms with Crippen molar-refractivity contribution in [2.45, 2.75) is 64.8 Å². The highest BCUT2D eigenvalue weighted by molar-refractivity contribution is 5.96. The molecule has 1 aliphatic rings. The second kappa shape index (κ2) is 15.2. The number of Topliss-reactive ketones (excluding diaryl/α,β-unsaturated/α-hetero) is 2. The van der Waals surface area contributed by atoms with Crippen molar-refractivity contribution in [3.05, 3.63) is 135 Å². The largest absolute Gasteiger partial charge is 0.294 e. The lowest BCUT2D eigenvalue weighted by atomic mass is 9.80. The number of rotatable bonds is 10. The van der Waals surface area contributed by atoms with Gasteiger partial charge in [-0.1, -0.05) is 61.9 Å². The van der Waals surface area contributed by atoms with Crippen molar-refractivity contribution in [2.24, 2.45) is 11.8 Å². The van der Waals surface area contributed by atoms with Crippen LogP contribution in [0.5, 0.6) is 0 Å². The summed E-state index contributed by atoms with van der Waals surface area (Å²) in [5.74, 6) is 5.83. The molecule has 0 N–H and O–H groups in total. The molecule has 0 radical (unpaired) electrons. The van der Waals surface area contributed by atoms with Crippen molar-refractivity contribution in [1.29, 1.82) is 0 Å². The van der Waals surface area contributed by atoms with Gasteiger partial charge in [-0.2, -0.15) is 0 Å². The summed E-state index contributed by atoms with van der Waals surface area (Å²) in [6.45, 7) is 2.24. The van der Waals surface area contributed by atoms with Crippen molar-refractivity contribution in [3.63, 3.8) is 0 Å². The van der Waals surface area contributed by atoms with E-state index in [-0.39, 0.29) is 30.7 Å². The van der Waals surface area contributed by atoms with Gasteiger partial charge in [-0.25, -0.2) is 23.7 Å². The first-order valence-electron chi connectivity index (χ1n) is 16.6. The smallest absolute Gasteiger partial charge is 0.264 e. The molecule has 7 nitrogen and oxygen atoms in total. The quantitative estimate of drug-likeness (QED) is 0.114. The number of carbonyl (C=O) groups is 2. The predicted octanol–water partition coefficient (Wildman–Crippen LogP) is 7.52. The van der Waals surface area contributed by atoms with Crippen LogP contribution in [-0.4, -0.2) is 31.1 Å². The molecule has 6 rings (SSSR count). The molecule has 3 aromatic carbocycles. The molecule has 0 aliphatic heterocycles. The van der Waals surface area contributed by atoms with E-state index in [1.807, 2.05) is 42.5 Å². The Labute approximate surface area is 283 Å². The maximum Gasteiger partial charge on any atom is 0.264 e. The highest BCUT2D eigenvalue weighted by atomic mass is 19.2. The van der Waals surface area contributed by atoms with Crippen molar-refractivity contribution in [2.75, 3.05) is 0 Å². The van der Waals surface area contributed by atoms with Crippen molar-refractivity contribution >= 4 is 22.5 Å². The first-order valence-corrected chi connectivity index (χ1v) is 16.6. The number of carbonyl (C=O) groups excluding carboxylic acids is 2. The number of hydrogen-bond donors (Lipinski definition) is 0. The van der Waals surface area contributed by atoms with E-state index in [0.717, 1.165) is 58.5 Å². The molecule has 2 heterocycles. The minimum absolute atomic E-state index is 0.0220. The summed E-state index contributed by atoms with van der Waals surface area (Å²) in [5.41, 5.74) is 3.06. The lowest BCUT2D eigenvalue weighted by Gasteiger charge is -2.25. The molecule has 5 aromatic rings. The SMILES string of the molecule is CC1CCC(CC(=O)c2ccc(Cc3ncc4cc(C#CCCC(=O)c5cncn(Cc6ccc(F)c(F)c6)c5=O)ccc4n3)cc2)CC1. The van der Waals surface area contributed by atoms with Crippen LogP contribution in [0, 0.1) is 35.3 Å². The van der Waals surface area contributed by atoms with Gasteiger partial charge in [-0.3, -0.25) is 19.0 Å². The summed E-state index contributed by atoms with van der Waals surface area (Å²) in [7, 11) is 0. The van der Waals surface area contributed by atoms with Crippen LogP contribution in [0.15, 0.2) is 84.2 Å². The Balaban J connectivity index is 1.02. The number of hydrogen-bond acceptors (Lipinski definition) is 6. The van der Waals surface area contributed by atoms with Crippen LogP contribution in [0.25, 0.3) is 10.9 Å². The van der Waals surface area contributed by atoms with Gasteiger partial charge in [-0.05, 0) is 66.1 Å². The third-order valence-corrected chi connectivity index (χ3v) is 9.13. The molecule has 1 aliphatic carbocycles. The molecule has 0 saturated heterocycles. The Morgan fingerprint density at radius 2 is 1.67 bits per heavy atom. The van der Waals surface area contributed by atoms with Crippen LogP contribution in [-0.2, 0) is 13.0 Å². The van der Waals surface area contributed by atoms with Crippen LogP contribution >= 0.6 is 0 Å². The maximum absolute atomic E-state index is 13.6. The maximum atomic E-state index is 13.6. The Hall–Kier alpha value is -5.36. The van der Waals surface area contributed by atoms with Crippen molar-refractivity contribution in [3.8, 4) is 11.8 Å². The van der Waals surface area contributed by atoms with Crippen LogP contribution in [0.2, 0.25) is 0 Å². The topological polar surface area (TPSA) is 94.8 Å². The first kappa shape index (κ1) is 33.5. The summed E-state index contributed by atoms with van der Waals surface area (Å²) in [4.78, 5) is 51.7. The summed E-state index contributed by atoms with van der Waals surface area (Å²) >= 11 is 0. The molecular weight excluding hydrogens is 622 g/mol. The minimum Gasteiger partial charge on any atom is -0.294 e. The number of fused-ring (bicyclic) bond motifs is 1. The number of aromatic nitrogens is 4. The standard InChI is InChI=1S/C40H36F2N4O3/c1-26-6-8-28(9-7-26)20-38(48)31-14-10-29(11-15-31)21-39-44-22-32-18-27(13-17-36(32)45-39)4-2-3-5-37(47)33-23-43-25-46(40(33)49)24-30-12-16-34(41)35(42)19-30/h10-19,22-23,25-26,28H,3,5-9,20-21,24H2,1H3. The fourth-order valence-electron chi connectivity index (χ4n) is 6.20. The molecule has 9 heteroatoms. The third kappa shape index (κ3) is 8.57. The van der Waals surface area contributed by atoms with Gasteiger partial charge >= 0.3 is 0 Å². The molecule has 248 valence electrons. The monoisotopic (exact) mass is 658 g/mol. The van der Waals surface area contributed by atoms with E-state index in [0.29, 0.717) is 30.1 Å². The Morgan fingerprint density at radius 3 is 2.45 bits per heavy atom. The molecule has 0 unspecified atom stereocenters. The summed E-state index contributed by atoms with van der Waals surface area (Å²) < 4.78 is 28.0. The normalized spacial score (nSPS) is 15.8. The molecule has 0 spiro atoms. The second-order valence-electron chi connectivity index (χ2n) is 12.9.